The number of methoxy groups -OCH3 is 1. The number of nitrogens with zero attached hydrogens (tertiary/aromatic N) is 7. The highest BCUT2D eigenvalue weighted by molar-refractivity contribution is 5.69. The number of hydrogen-bond donors (Lipinski definition) is 0. The summed E-state index contributed by atoms with van der Waals surface area (Å²) in [6, 6.07) is 6.36. The molecule has 13 heteroatoms. The van der Waals surface area contributed by atoms with Gasteiger partial charge in [-0.15, -0.1) is 10.2 Å². The number of halogens is 2. The lowest BCUT2D eigenvalue weighted by molar-refractivity contribution is -0.142. The van der Waals surface area contributed by atoms with Crippen LogP contribution in [0.3, 0.4) is 0 Å². The van der Waals surface area contributed by atoms with Crippen LogP contribution in [0.2, 0.25) is 0 Å². The molecule has 4 rings (SSSR count). The molecule has 0 aromatic carbocycles. The first-order chi connectivity index (χ1) is 18.1. The molecular weight excluding hydrogens is 500 g/mol. The molecule has 3 aromatic heterocycles. The van der Waals surface area contributed by atoms with Gasteiger partial charge < -0.3 is 14.4 Å². The first kappa shape index (κ1) is 27.1. The monoisotopic (exact) mass is 531 g/mol. The number of carbonyl (C=O) groups excluding carboxylic acids is 1. The van der Waals surface area contributed by atoms with Gasteiger partial charge >= 0.3 is 5.97 Å². The lowest BCUT2D eigenvalue weighted by Gasteiger charge is -2.39. The van der Waals surface area contributed by atoms with E-state index in [0.29, 0.717) is 41.6 Å². The van der Waals surface area contributed by atoms with E-state index in [0.717, 1.165) is 6.42 Å². The fraction of sp³-hybridized carbons (Fsp3) is 0.520. The molecule has 0 aliphatic carbocycles. The Bertz CT molecular complexity index is 1360. The number of aromatic nitrogens is 6. The Labute approximate surface area is 218 Å². The molecular formula is C25H31F2N7O4. The third-order valence-electron chi connectivity index (χ3n) is 6.39. The number of hydrogen-bond acceptors (Lipinski definition) is 9. The van der Waals surface area contributed by atoms with Crippen LogP contribution < -0.4 is 15.2 Å². The van der Waals surface area contributed by atoms with Crippen molar-refractivity contribution in [1.82, 2.24) is 29.8 Å². The first-order valence-corrected chi connectivity index (χ1v) is 12.4. The number of pyridine rings is 1. The van der Waals surface area contributed by atoms with Gasteiger partial charge in [-0.05, 0) is 31.4 Å². The summed E-state index contributed by atoms with van der Waals surface area (Å²) >= 11 is 0. The van der Waals surface area contributed by atoms with Gasteiger partial charge in [0.1, 0.15) is 18.0 Å². The minimum Gasteiger partial charge on any atom is -0.470 e. The number of rotatable bonds is 9. The minimum absolute atomic E-state index is 0.0685. The zero-order valence-corrected chi connectivity index (χ0v) is 21.9. The fourth-order valence-electron chi connectivity index (χ4n) is 4.63. The van der Waals surface area contributed by atoms with Crippen molar-refractivity contribution in [1.29, 1.82) is 0 Å². The first-order valence-electron chi connectivity index (χ1n) is 12.4. The lowest BCUT2D eigenvalue weighted by Crippen LogP contribution is -2.48. The van der Waals surface area contributed by atoms with Crippen molar-refractivity contribution in [3.63, 3.8) is 0 Å². The molecule has 0 N–H and O–H groups in total. The van der Waals surface area contributed by atoms with E-state index in [1.54, 1.807) is 35.7 Å². The van der Waals surface area contributed by atoms with Gasteiger partial charge in [0.25, 0.3) is 11.5 Å². The molecule has 1 aliphatic rings. The van der Waals surface area contributed by atoms with E-state index in [-0.39, 0.29) is 30.9 Å². The van der Waals surface area contributed by atoms with Crippen LogP contribution in [-0.4, -0.2) is 61.8 Å². The average Bonchev–Trinajstić information content (AvgIpc) is 3.23. The van der Waals surface area contributed by atoms with E-state index in [1.807, 2.05) is 6.92 Å². The predicted octanol–water partition coefficient (Wildman–Crippen LogP) is 2.76. The van der Waals surface area contributed by atoms with Crippen molar-refractivity contribution < 1.29 is 23.0 Å². The molecule has 1 fully saturated rings. The SMILES string of the molecule is CCCn1nc(OCc2c(-c3ccc(N4CC(CC(=O)OC)CC(F)(F)C4)c(C)n3)nnn2C)ccc1=O. The van der Waals surface area contributed by atoms with Crippen molar-refractivity contribution in [3.05, 3.63) is 46.0 Å². The van der Waals surface area contributed by atoms with E-state index in [4.69, 9.17) is 4.74 Å². The zero-order valence-electron chi connectivity index (χ0n) is 21.9. The summed E-state index contributed by atoms with van der Waals surface area (Å²) in [5, 5.41) is 12.6. The number of aryl methyl sites for hydroxylation is 3. The second-order valence-corrected chi connectivity index (χ2v) is 9.42. The standard InChI is InChI=1S/C25H31F2N7O4/c1-5-10-34-22(35)9-8-21(30-34)38-14-20-24(29-31-32(20)3)18-6-7-19(16(2)28-18)33-13-17(11-23(36)37-4)12-25(26,27)15-33/h6-9,17H,5,10-15H2,1-4H3. The van der Waals surface area contributed by atoms with Gasteiger partial charge in [-0.1, -0.05) is 12.1 Å². The highest BCUT2D eigenvalue weighted by Crippen LogP contribution is 2.36. The largest absolute Gasteiger partial charge is 0.470 e. The van der Waals surface area contributed by atoms with E-state index < -0.39 is 24.4 Å². The number of ether oxygens (including phenoxy) is 2. The molecule has 1 saturated heterocycles. The molecule has 1 aliphatic heterocycles. The van der Waals surface area contributed by atoms with Crippen LogP contribution in [0.15, 0.2) is 29.1 Å². The fourth-order valence-corrected chi connectivity index (χ4v) is 4.63. The molecule has 3 aromatic rings. The van der Waals surface area contributed by atoms with Crippen LogP contribution in [0.25, 0.3) is 11.4 Å². The quantitative estimate of drug-likeness (QED) is 0.384. The smallest absolute Gasteiger partial charge is 0.305 e. The molecule has 38 heavy (non-hydrogen) atoms. The number of anilines is 1. The van der Waals surface area contributed by atoms with E-state index in [1.165, 1.54) is 23.9 Å². The summed E-state index contributed by atoms with van der Waals surface area (Å²) in [7, 11) is 2.97. The highest BCUT2D eigenvalue weighted by Gasteiger charge is 2.41. The second kappa shape index (κ2) is 11.2. The normalized spacial score (nSPS) is 16.9. The lowest BCUT2D eigenvalue weighted by atomic mass is 9.91. The third kappa shape index (κ3) is 6.14. The molecule has 0 saturated carbocycles. The van der Waals surface area contributed by atoms with Gasteiger partial charge in [0, 0.05) is 38.7 Å². The van der Waals surface area contributed by atoms with Gasteiger partial charge in [-0.3, -0.25) is 9.59 Å². The maximum Gasteiger partial charge on any atom is 0.305 e. The van der Waals surface area contributed by atoms with Crippen molar-refractivity contribution in [3.8, 4) is 17.3 Å². The third-order valence-corrected chi connectivity index (χ3v) is 6.39. The summed E-state index contributed by atoms with van der Waals surface area (Å²) < 4.78 is 42.5. The second-order valence-electron chi connectivity index (χ2n) is 9.42. The van der Waals surface area contributed by atoms with Crippen molar-refractivity contribution >= 4 is 11.7 Å². The Hall–Kier alpha value is -3.90. The molecule has 1 unspecified atom stereocenters. The molecule has 0 spiro atoms. The van der Waals surface area contributed by atoms with Gasteiger partial charge in [0.15, 0.2) is 0 Å². The molecule has 1 atom stereocenters. The number of carbonyl (C=O) groups is 1. The van der Waals surface area contributed by atoms with Gasteiger partial charge in [0.2, 0.25) is 5.88 Å². The topological polar surface area (TPSA) is 117 Å². The Balaban J connectivity index is 1.54. The van der Waals surface area contributed by atoms with Crippen LogP contribution >= 0.6 is 0 Å². The average molecular weight is 532 g/mol. The minimum atomic E-state index is -2.94. The van der Waals surface area contributed by atoms with E-state index in [9.17, 15) is 18.4 Å². The Morgan fingerprint density at radius 3 is 2.74 bits per heavy atom. The van der Waals surface area contributed by atoms with Crippen LogP contribution in [0.5, 0.6) is 5.88 Å². The molecule has 0 bridgehead atoms. The Kier molecular flexibility index (Phi) is 8.02. The maximum atomic E-state index is 14.5. The van der Waals surface area contributed by atoms with Crippen LogP contribution in [-0.2, 0) is 29.7 Å². The summed E-state index contributed by atoms with van der Waals surface area (Å²) in [4.78, 5) is 29.8. The maximum absolute atomic E-state index is 14.5. The molecule has 204 valence electrons. The summed E-state index contributed by atoms with van der Waals surface area (Å²) in [5.41, 5.74) is 2.52. The number of esters is 1. The van der Waals surface area contributed by atoms with Crippen molar-refractivity contribution in [2.24, 2.45) is 13.0 Å². The molecule has 11 nitrogen and oxygen atoms in total. The van der Waals surface area contributed by atoms with Crippen molar-refractivity contribution in [2.45, 2.75) is 52.2 Å². The number of piperidine rings is 1. The van der Waals surface area contributed by atoms with E-state index >= 15 is 0 Å². The summed E-state index contributed by atoms with van der Waals surface area (Å²) in [6.07, 6.45) is 0.326. The Morgan fingerprint density at radius 1 is 1.24 bits per heavy atom. The summed E-state index contributed by atoms with van der Waals surface area (Å²) in [5.74, 6) is -3.69. The zero-order chi connectivity index (χ0) is 27.4. The van der Waals surface area contributed by atoms with Crippen LogP contribution in [0, 0.1) is 12.8 Å². The number of alkyl halides is 2. The van der Waals surface area contributed by atoms with Gasteiger partial charge in [-0.25, -0.2) is 23.1 Å². The predicted molar refractivity (Wildman–Crippen MR) is 134 cm³/mol. The molecule has 4 heterocycles. The van der Waals surface area contributed by atoms with Gasteiger partial charge in [0.05, 0.1) is 37.2 Å². The Morgan fingerprint density at radius 2 is 2.03 bits per heavy atom. The molecule has 0 amide bonds. The van der Waals surface area contributed by atoms with Crippen LogP contribution in [0.1, 0.15) is 37.6 Å². The van der Waals surface area contributed by atoms with Crippen LogP contribution in [0.4, 0.5) is 14.5 Å². The molecule has 0 radical (unpaired) electrons. The van der Waals surface area contributed by atoms with Gasteiger partial charge in [-0.2, -0.15) is 0 Å². The van der Waals surface area contributed by atoms with Crippen molar-refractivity contribution in [2.75, 3.05) is 25.1 Å². The highest BCUT2D eigenvalue weighted by atomic mass is 19.3. The van der Waals surface area contributed by atoms with E-state index in [2.05, 4.69) is 25.1 Å². The summed E-state index contributed by atoms with van der Waals surface area (Å²) in [6.45, 7) is 4.10.